The number of benzene rings is 3. The first-order valence-electron chi connectivity index (χ1n) is 10.3. The van der Waals surface area contributed by atoms with E-state index >= 15 is 0 Å². The van der Waals surface area contributed by atoms with Gasteiger partial charge in [0.05, 0.1) is 25.5 Å². The summed E-state index contributed by atoms with van der Waals surface area (Å²) in [5.74, 6) is -0.0995. The third-order valence-corrected chi connectivity index (χ3v) is 4.38. The zero-order valence-electron chi connectivity index (χ0n) is 18.6. The zero-order chi connectivity index (χ0) is 24.3. The van der Waals surface area contributed by atoms with Crippen LogP contribution in [0.5, 0.6) is 23.0 Å². The Bertz CT molecular complexity index is 1160. The summed E-state index contributed by atoms with van der Waals surface area (Å²) in [4.78, 5) is 24.3. The van der Waals surface area contributed by atoms with E-state index < -0.39 is 17.7 Å². The lowest BCUT2D eigenvalue weighted by Crippen LogP contribution is -2.24. The van der Waals surface area contributed by atoms with Crippen LogP contribution in [0.25, 0.3) is 0 Å². The smallest absolute Gasteiger partial charge is 0.343 e. The largest absolute Gasteiger partial charge is 0.493 e. The van der Waals surface area contributed by atoms with E-state index in [0.29, 0.717) is 23.7 Å². The molecule has 34 heavy (non-hydrogen) atoms. The van der Waals surface area contributed by atoms with Gasteiger partial charge in [0.2, 0.25) is 0 Å². The lowest BCUT2D eigenvalue weighted by Gasteiger charge is -2.11. The highest BCUT2D eigenvalue weighted by Crippen LogP contribution is 2.28. The van der Waals surface area contributed by atoms with Crippen molar-refractivity contribution >= 4 is 18.1 Å². The number of halogens is 1. The van der Waals surface area contributed by atoms with Crippen LogP contribution in [-0.2, 0) is 4.79 Å². The van der Waals surface area contributed by atoms with Crippen LogP contribution in [0.2, 0.25) is 0 Å². The number of amides is 1. The highest BCUT2D eigenvalue weighted by molar-refractivity contribution is 5.91. The second-order valence-electron chi connectivity index (χ2n) is 6.77. The van der Waals surface area contributed by atoms with E-state index in [2.05, 4.69) is 10.5 Å². The summed E-state index contributed by atoms with van der Waals surface area (Å²) in [6.07, 6.45) is 1.40. The van der Waals surface area contributed by atoms with Gasteiger partial charge in [-0.1, -0.05) is 12.1 Å². The van der Waals surface area contributed by atoms with Crippen molar-refractivity contribution in [3.05, 3.63) is 83.7 Å². The number of methoxy groups -OCH3 is 1. The van der Waals surface area contributed by atoms with Crippen molar-refractivity contribution in [1.29, 1.82) is 0 Å². The van der Waals surface area contributed by atoms with Gasteiger partial charge in [-0.3, -0.25) is 4.79 Å². The Hall–Kier alpha value is -4.40. The maximum Gasteiger partial charge on any atom is 0.343 e. The molecule has 0 aliphatic heterocycles. The van der Waals surface area contributed by atoms with E-state index in [0.717, 1.165) is 0 Å². The molecule has 0 heterocycles. The summed E-state index contributed by atoms with van der Waals surface area (Å²) in [5, 5.41) is 3.90. The molecule has 0 spiro atoms. The molecule has 0 unspecified atom stereocenters. The Kier molecular flexibility index (Phi) is 8.56. The molecule has 0 aromatic heterocycles. The Balaban J connectivity index is 1.56. The number of nitrogens with zero attached hydrogens (tertiary/aromatic N) is 1. The summed E-state index contributed by atoms with van der Waals surface area (Å²) < 4.78 is 34.6. The molecule has 8 nitrogen and oxygen atoms in total. The topological polar surface area (TPSA) is 95.5 Å². The molecule has 3 aromatic rings. The van der Waals surface area contributed by atoms with Gasteiger partial charge in [-0.05, 0) is 67.1 Å². The van der Waals surface area contributed by atoms with Crippen LogP contribution in [-0.4, -0.2) is 38.4 Å². The van der Waals surface area contributed by atoms with Crippen LogP contribution in [0, 0.1) is 5.82 Å². The molecule has 3 aromatic carbocycles. The molecule has 0 radical (unpaired) electrons. The normalized spacial score (nSPS) is 10.6. The van der Waals surface area contributed by atoms with Crippen molar-refractivity contribution in [2.75, 3.05) is 20.3 Å². The zero-order valence-corrected chi connectivity index (χ0v) is 18.6. The first-order valence-corrected chi connectivity index (χ1v) is 10.3. The second-order valence-corrected chi connectivity index (χ2v) is 6.77. The molecule has 176 valence electrons. The summed E-state index contributed by atoms with van der Waals surface area (Å²) in [6, 6.07) is 16.8. The summed E-state index contributed by atoms with van der Waals surface area (Å²) in [6.45, 7) is 2.09. The van der Waals surface area contributed by atoms with Crippen molar-refractivity contribution in [3.63, 3.8) is 0 Å². The molecule has 0 atom stereocenters. The molecule has 3 rings (SSSR count). The Labute approximate surface area is 195 Å². The highest BCUT2D eigenvalue weighted by Gasteiger charge is 2.13. The first-order chi connectivity index (χ1) is 16.5. The van der Waals surface area contributed by atoms with Crippen molar-refractivity contribution in [1.82, 2.24) is 5.43 Å². The maximum atomic E-state index is 13.0. The van der Waals surface area contributed by atoms with E-state index in [1.165, 1.54) is 43.7 Å². The minimum Gasteiger partial charge on any atom is -0.493 e. The molecule has 9 heteroatoms. The number of para-hydroxylation sites is 2. The molecule has 0 saturated heterocycles. The number of carbonyl (C=O) groups is 2. The van der Waals surface area contributed by atoms with Gasteiger partial charge in [-0.15, -0.1) is 0 Å². The number of ether oxygens (including phenoxy) is 4. The Morgan fingerprint density at radius 1 is 0.941 bits per heavy atom. The van der Waals surface area contributed by atoms with E-state index in [-0.39, 0.29) is 23.7 Å². The van der Waals surface area contributed by atoms with Crippen LogP contribution in [0.1, 0.15) is 22.8 Å². The van der Waals surface area contributed by atoms with Gasteiger partial charge < -0.3 is 18.9 Å². The van der Waals surface area contributed by atoms with Gasteiger partial charge in [-0.25, -0.2) is 14.6 Å². The van der Waals surface area contributed by atoms with Crippen LogP contribution in [0.4, 0.5) is 4.39 Å². The summed E-state index contributed by atoms with van der Waals surface area (Å²) >= 11 is 0. The van der Waals surface area contributed by atoms with Gasteiger partial charge >= 0.3 is 5.97 Å². The third kappa shape index (κ3) is 6.80. The van der Waals surface area contributed by atoms with Crippen LogP contribution >= 0.6 is 0 Å². The quantitative estimate of drug-likeness (QED) is 0.210. The fourth-order valence-corrected chi connectivity index (χ4v) is 2.79. The van der Waals surface area contributed by atoms with E-state index in [9.17, 15) is 14.0 Å². The van der Waals surface area contributed by atoms with Gasteiger partial charge in [-0.2, -0.15) is 5.10 Å². The maximum absolute atomic E-state index is 13.0. The highest BCUT2D eigenvalue weighted by atomic mass is 19.1. The summed E-state index contributed by atoms with van der Waals surface area (Å²) in [5.41, 5.74) is 3.15. The number of rotatable bonds is 10. The predicted octanol–water partition coefficient (Wildman–Crippen LogP) is 3.98. The molecule has 0 bridgehead atoms. The van der Waals surface area contributed by atoms with Crippen molar-refractivity contribution < 1.29 is 32.9 Å². The lowest BCUT2D eigenvalue weighted by molar-refractivity contribution is -0.123. The molecule has 0 saturated carbocycles. The fraction of sp³-hybridized carbons (Fsp3) is 0.160. The summed E-state index contributed by atoms with van der Waals surface area (Å²) in [7, 11) is 1.42. The molecule has 0 fully saturated rings. The van der Waals surface area contributed by atoms with Gasteiger partial charge in [0, 0.05) is 0 Å². The monoisotopic (exact) mass is 466 g/mol. The van der Waals surface area contributed by atoms with Gasteiger partial charge in [0.1, 0.15) is 5.82 Å². The number of nitrogens with one attached hydrogen (secondary N) is 1. The molecule has 0 aliphatic carbocycles. The van der Waals surface area contributed by atoms with E-state index in [1.54, 1.807) is 30.3 Å². The second kappa shape index (κ2) is 12.0. The first kappa shape index (κ1) is 24.2. The predicted molar refractivity (Wildman–Crippen MR) is 123 cm³/mol. The number of carbonyl (C=O) groups excluding carboxylic acids is 2. The number of esters is 1. The lowest BCUT2D eigenvalue weighted by atomic mass is 10.2. The van der Waals surface area contributed by atoms with Gasteiger partial charge in [0.15, 0.2) is 29.6 Å². The van der Waals surface area contributed by atoms with Crippen LogP contribution < -0.4 is 24.4 Å². The van der Waals surface area contributed by atoms with Gasteiger partial charge in [0.25, 0.3) is 5.91 Å². The Morgan fingerprint density at radius 2 is 1.65 bits per heavy atom. The molecular formula is C25H23FN2O6. The molecule has 1 amide bonds. The molecular weight excluding hydrogens is 443 g/mol. The SMILES string of the molecule is CCOc1ccccc1OCC(=O)N/N=C/c1ccc(OC(=O)c2ccc(F)cc2)c(OC)c1. The van der Waals surface area contributed by atoms with Crippen LogP contribution in [0.3, 0.4) is 0 Å². The molecule has 0 aliphatic rings. The van der Waals surface area contributed by atoms with Crippen molar-refractivity contribution in [2.45, 2.75) is 6.92 Å². The molecule has 1 N–H and O–H groups in total. The standard InChI is InChI=1S/C25H23FN2O6/c1-3-32-20-6-4-5-7-21(20)33-16-24(29)28-27-15-17-8-13-22(23(14-17)31-2)34-25(30)18-9-11-19(26)12-10-18/h4-15H,3,16H2,1-2H3,(H,28,29)/b27-15+. The average Bonchev–Trinajstić information content (AvgIpc) is 2.85. The minimum absolute atomic E-state index is 0.180. The van der Waals surface area contributed by atoms with Crippen molar-refractivity contribution in [3.8, 4) is 23.0 Å². The third-order valence-electron chi connectivity index (χ3n) is 4.38. The van der Waals surface area contributed by atoms with E-state index in [4.69, 9.17) is 18.9 Å². The van der Waals surface area contributed by atoms with E-state index in [1.807, 2.05) is 13.0 Å². The van der Waals surface area contributed by atoms with Crippen molar-refractivity contribution in [2.24, 2.45) is 5.10 Å². The Morgan fingerprint density at radius 3 is 2.32 bits per heavy atom. The number of hydrogen-bond acceptors (Lipinski definition) is 7. The average molecular weight is 466 g/mol. The fourth-order valence-electron chi connectivity index (χ4n) is 2.79. The number of hydrazone groups is 1. The minimum atomic E-state index is -0.655. The van der Waals surface area contributed by atoms with Crippen LogP contribution in [0.15, 0.2) is 71.8 Å². The number of hydrogen-bond donors (Lipinski definition) is 1.